The molecule has 0 amide bonds. The molecule has 0 bridgehead atoms. The lowest BCUT2D eigenvalue weighted by molar-refractivity contribution is 0.415. The van der Waals surface area contributed by atoms with E-state index in [4.69, 9.17) is 0 Å². The predicted octanol–water partition coefficient (Wildman–Crippen LogP) is 1.82. The number of hydrogen-bond donors (Lipinski definition) is 1. The van der Waals surface area contributed by atoms with Crippen molar-refractivity contribution in [3.05, 3.63) is 29.8 Å². The maximum atomic E-state index is 12.5. The molecule has 0 aliphatic rings. The SMILES string of the molecule is CNCCc1ccc(S(=O)(=O)N(C)C(C)CSC)cc1. The van der Waals surface area contributed by atoms with Crippen LogP contribution in [0.3, 0.4) is 0 Å². The van der Waals surface area contributed by atoms with Crippen LogP contribution in [0.1, 0.15) is 12.5 Å². The van der Waals surface area contributed by atoms with Crippen LogP contribution in [-0.4, -0.2) is 51.4 Å². The molecule has 6 heteroatoms. The van der Waals surface area contributed by atoms with Crippen molar-refractivity contribution in [2.75, 3.05) is 32.6 Å². The number of nitrogens with one attached hydrogen (secondary N) is 1. The van der Waals surface area contributed by atoms with Crippen LogP contribution < -0.4 is 5.32 Å². The Kier molecular flexibility index (Phi) is 7.02. The zero-order valence-electron chi connectivity index (χ0n) is 12.6. The van der Waals surface area contributed by atoms with E-state index >= 15 is 0 Å². The van der Waals surface area contributed by atoms with Gasteiger partial charge in [-0.1, -0.05) is 12.1 Å². The van der Waals surface area contributed by atoms with Crippen molar-refractivity contribution < 1.29 is 8.42 Å². The molecule has 0 fully saturated rings. The Balaban J connectivity index is 2.87. The van der Waals surface area contributed by atoms with E-state index in [1.165, 1.54) is 4.31 Å². The number of rotatable bonds is 8. The zero-order chi connectivity index (χ0) is 15.2. The maximum absolute atomic E-state index is 12.5. The minimum atomic E-state index is -3.39. The normalized spacial score (nSPS) is 13.7. The van der Waals surface area contributed by atoms with Crippen molar-refractivity contribution in [3.63, 3.8) is 0 Å². The third-order valence-electron chi connectivity index (χ3n) is 3.29. The molecule has 1 rings (SSSR count). The van der Waals surface area contributed by atoms with Gasteiger partial charge in [0.15, 0.2) is 0 Å². The summed E-state index contributed by atoms with van der Waals surface area (Å²) in [6, 6.07) is 7.15. The van der Waals surface area contributed by atoms with Gasteiger partial charge < -0.3 is 5.32 Å². The van der Waals surface area contributed by atoms with Crippen LogP contribution in [0.15, 0.2) is 29.2 Å². The molecule has 0 heterocycles. The minimum Gasteiger partial charge on any atom is -0.319 e. The van der Waals surface area contributed by atoms with Crippen molar-refractivity contribution in [2.24, 2.45) is 0 Å². The van der Waals surface area contributed by atoms with E-state index in [1.54, 1.807) is 30.9 Å². The molecule has 114 valence electrons. The molecule has 1 aromatic rings. The van der Waals surface area contributed by atoms with E-state index in [0.29, 0.717) is 4.90 Å². The van der Waals surface area contributed by atoms with Gasteiger partial charge in [0.2, 0.25) is 10.0 Å². The predicted molar refractivity (Wildman–Crippen MR) is 86.9 cm³/mol. The van der Waals surface area contributed by atoms with E-state index in [2.05, 4.69) is 5.32 Å². The first-order valence-corrected chi connectivity index (χ1v) is 9.47. The number of nitrogens with zero attached hydrogens (tertiary/aromatic N) is 1. The first-order chi connectivity index (χ1) is 9.43. The molecular formula is C14H24N2O2S2. The Morgan fingerprint density at radius 3 is 2.40 bits per heavy atom. The number of thioether (sulfide) groups is 1. The zero-order valence-corrected chi connectivity index (χ0v) is 14.2. The summed E-state index contributed by atoms with van der Waals surface area (Å²) >= 11 is 1.65. The van der Waals surface area contributed by atoms with Crippen LogP contribution in [0.4, 0.5) is 0 Å². The lowest BCUT2D eigenvalue weighted by Crippen LogP contribution is -2.36. The molecule has 0 radical (unpaired) electrons. The largest absolute Gasteiger partial charge is 0.319 e. The summed E-state index contributed by atoms with van der Waals surface area (Å²) in [7, 11) is 0.154. The van der Waals surface area contributed by atoms with E-state index < -0.39 is 10.0 Å². The molecule has 1 unspecified atom stereocenters. The van der Waals surface area contributed by atoms with Gasteiger partial charge in [0, 0.05) is 18.8 Å². The number of hydrogen-bond acceptors (Lipinski definition) is 4. The van der Waals surface area contributed by atoms with Gasteiger partial charge in [-0.25, -0.2) is 8.42 Å². The lowest BCUT2D eigenvalue weighted by Gasteiger charge is -2.23. The molecule has 0 aliphatic heterocycles. The first-order valence-electron chi connectivity index (χ1n) is 6.64. The van der Waals surface area contributed by atoms with E-state index in [-0.39, 0.29) is 6.04 Å². The van der Waals surface area contributed by atoms with Crippen molar-refractivity contribution in [2.45, 2.75) is 24.3 Å². The topological polar surface area (TPSA) is 49.4 Å². The van der Waals surface area contributed by atoms with Crippen LogP contribution >= 0.6 is 11.8 Å². The first kappa shape index (κ1) is 17.5. The monoisotopic (exact) mass is 316 g/mol. The maximum Gasteiger partial charge on any atom is 0.243 e. The highest BCUT2D eigenvalue weighted by molar-refractivity contribution is 7.98. The van der Waals surface area contributed by atoms with E-state index in [9.17, 15) is 8.42 Å². The summed E-state index contributed by atoms with van der Waals surface area (Å²) in [5, 5.41) is 3.08. The number of likely N-dealkylation sites (N-methyl/N-ethyl adjacent to an activating group) is 1. The van der Waals surface area contributed by atoms with Gasteiger partial charge in [0.25, 0.3) is 0 Å². The summed E-state index contributed by atoms with van der Waals surface area (Å²) in [5.74, 6) is 0.788. The number of sulfonamides is 1. The molecule has 0 saturated heterocycles. The average Bonchev–Trinajstić information content (AvgIpc) is 2.45. The molecule has 0 spiro atoms. The van der Waals surface area contributed by atoms with Crippen LogP contribution in [-0.2, 0) is 16.4 Å². The van der Waals surface area contributed by atoms with E-state index in [0.717, 1.165) is 24.3 Å². The van der Waals surface area contributed by atoms with E-state index in [1.807, 2.05) is 32.4 Å². The Bertz CT molecular complexity index is 500. The summed E-state index contributed by atoms with van der Waals surface area (Å²) in [4.78, 5) is 0.362. The van der Waals surface area contributed by atoms with Crippen LogP contribution in [0, 0.1) is 0 Å². The van der Waals surface area contributed by atoms with Crippen molar-refractivity contribution in [1.29, 1.82) is 0 Å². The Hall–Kier alpha value is -0.560. The molecule has 0 aromatic heterocycles. The molecule has 20 heavy (non-hydrogen) atoms. The lowest BCUT2D eigenvalue weighted by atomic mass is 10.1. The van der Waals surface area contributed by atoms with Crippen molar-refractivity contribution in [1.82, 2.24) is 9.62 Å². The number of benzene rings is 1. The van der Waals surface area contributed by atoms with Gasteiger partial charge in [-0.15, -0.1) is 0 Å². The minimum absolute atomic E-state index is 0.0148. The molecule has 0 saturated carbocycles. The van der Waals surface area contributed by atoms with Gasteiger partial charge in [-0.2, -0.15) is 16.1 Å². The second-order valence-electron chi connectivity index (χ2n) is 4.82. The fourth-order valence-electron chi connectivity index (χ4n) is 1.85. The van der Waals surface area contributed by atoms with Gasteiger partial charge in [-0.05, 0) is 50.9 Å². The summed E-state index contributed by atoms with van der Waals surface area (Å²) in [6.07, 6.45) is 2.88. The second kappa shape index (κ2) is 8.02. The highest BCUT2D eigenvalue weighted by atomic mass is 32.2. The summed E-state index contributed by atoms with van der Waals surface area (Å²) < 4.78 is 26.4. The standard InChI is InChI=1S/C14H24N2O2S2/c1-12(11-19-4)16(3)20(17,18)14-7-5-13(6-8-14)9-10-15-2/h5-8,12,15H,9-11H2,1-4H3. The van der Waals surface area contributed by atoms with Gasteiger partial charge in [0.1, 0.15) is 0 Å². The fraction of sp³-hybridized carbons (Fsp3) is 0.571. The highest BCUT2D eigenvalue weighted by Gasteiger charge is 2.24. The van der Waals surface area contributed by atoms with Crippen molar-refractivity contribution >= 4 is 21.8 Å². The highest BCUT2D eigenvalue weighted by Crippen LogP contribution is 2.18. The van der Waals surface area contributed by atoms with Crippen LogP contribution in [0.25, 0.3) is 0 Å². The fourth-order valence-corrected chi connectivity index (χ4v) is 4.01. The Morgan fingerprint density at radius 1 is 1.30 bits per heavy atom. The Labute approximate surface area is 127 Å². The summed E-state index contributed by atoms with van der Waals surface area (Å²) in [6.45, 7) is 2.81. The van der Waals surface area contributed by atoms with Gasteiger partial charge in [-0.3, -0.25) is 0 Å². The third kappa shape index (κ3) is 4.48. The van der Waals surface area contributed by atoms with Crippen LogP contribution in [0.2, 0.25) is 0 Å². The third-order valence-corrected chi connectivity index (χ3v) is 6.09. The molecule has 1 N–H and O–H groups in total. The molecular weight excluding hydrogens is 292 g/mol. The quantitative estimate of drug-likeness (QED) is 0.795. The molecule has 0 aliphatic carbocycles. The molecule has 4 nitrogen and oxygen atoms in total. The average molecular weight is 316 g/mol. The molecule has 1 atom stereocenters. The van der Waals surface area contributed by atoms with Gasteiger partial charge >= 0.3 is 0 Å². The Morgan fingerprint density at radius 2 is 1.90 bits per heavy atom. The van der Waals surface area contributed by atoms with Gasteiger partial charge in [0.05, 0.1) is 4.90 Å². The second-order valence-corrected chi connectivity index (χ2v) is 7.73. The summed E-state index contributed by atoms with van der Waals surface area (Å²) in [5.41, 5.74) is 1.14. The van der Waals surface area contributed by atoms with Crippen molar-refractivity contribution in [3.8, 4) is 0 Å². The smallest absolute Gasteiger partial charge is 0.243 e. The molecule has 1 aromatic carbocycles. The van der Waals surface area contributed by atoms with Crippen LogP contribution in [0.5, 0.6) is 0 Å².